The molecule has 0 saturated carbocycles. The zero-order valence-electron chi connectivity index (χ0n) is 17.5. The smallest absolute Gasteiger partial charge is 0.338 e. The highest BCUT2D eigenvalue weighted by molar-refractivity contribution is 7.98. The van der Waals surface area contributed by atoms with Crippen LogP contribution < -0.4 is 5.32 Å². The third-order valence-electron chi connectivity index (χ3n) is 5.06. The number of nitrogens with zero attached hydrogens (tertiary/aromatic N) is 1. The number of carbonyl (C=O) groups excluding carboxylic acids is 2. The Balaban J connectivity index is 1.62. The van der Waals surface area contributed by atoms with Gasteiger partial charge in [-0.1, -0.05) is 61.9 Å². The van der Waals surface area contributed by atoms with Crippen molar-refractivity contribution in [1.29, 1.82) is 0 Å². The van der Waals surface area contributed by atoms with Crippen molar-refractivity contribution >= 4 is 34.7 Å². The molecule has 0 unspecified atom stereocenters. The molecule has 1 heterocycles. The second-order valence-corrected chi connectivity index (χ2v) is 7.88. The average Bonchev–Trinajstić information content (AvgIpc) is 3.23. The number of fused-ring (bicyclic) bond motifs is 1. The Morgan fingerprint density at radius 2 is 1.87 bits per heavy atom. The summed E-state index contributed by atoms with van der Waals surface area (Å²) in [7, 11) is 0. The van der Waals surface area contributed by atoms with Gasteiger partial charge in [-0.3, -0.25) is 4.79 Å². The Kier molecular flexibility index (Phi) is 7.37. The van der Waals surface area contributed by atoms with Crippen molar-refractivity contribution < 1.29 is 18.7 Å². The minimum Gasteiger partial charge on any atom is -0.452 e. The number of terminal acetylenes is 1. The molecule has 1 amide bonds. The van der Waals surface area contributed by atoms with Gasteiger partial charge in [-0.15, -0.1) is 6.42 Å². The van der Waals surface area contributed by atoms with E-state index < -0.39 is 24.0 Å². The van der Waals surface area contributed by atoms with Gasteiger partial charge in [0.15, 0.2) is 12.2 Å². The minimum atomic E-state index is -0.725. The van der Waals surface area contributed by atoms with Crippen LogP contribution in [0.15, 0.2) is 58.2 Å². The number of hydrogen-bond acceptors (Lipinski definition) is 6. The van der Waals surface area contributed by atoms with Gasteiger partial charge in [0.1, 0.15) is 11.1 Å². The Morgan fingerprint density at radius 1 is 1.16 bits per heavy atom. The Bertz CT molecular complexity index is 1080. The van der Waals surface area contributed by atoms with Crippen molar-refractivity contribution in [2.75, 3.05) is 6.61 Å². The summed E-state index contributed by atoms with van der Waals surface area (Å²) >= 11 is 1.39. The van der Waals surface area contributed by atoms with Crippen molar-refractivity contribution in [3.05, 3.63) is 59.7 Å². The molecule has 3 aromatic rings. The van der Waals surface area contributed by atoms with Gasteiger partial charge in [0.25, 0.3) is 11.1 Å². The summed E-state index contributed by atoms with van der Waals surface area (Å²) in [6, 6.07) is 14.6. The maximum Gasteiger partial charge on any atom is 0.338 e. The van der Waals surface area contributed by atoms with Crippen LogP contribution in [0.4, 0.5) is 0 Å². The van der Waals surface area contributed by atoms with Gasteiger partial charge in [-0.25, -0.2) is 9.78 Å². The molecule has 1 aromatic heterocycles. The number of amides is 1. The molecule has 0 saturated heterocycles. The molecule has 6 nitrogen and oxygen atoms in total. The summed E-state index contributed by atoms with van der Waals surface area (Å²) in [6.07, 6.45) is 6.75. The number of aromatic nitrogens is 1. The quantitative estimate of drug-likeness (QED) is 0.300. The first-order chi connectivity index (χ1) is 15.0. The van der Waals surface area contributed by atoms with Crippen LogP contribution in [-0.2, 0) is 15.3 Å². The first-order valence-electron chi connectivity index (χ1n) is 10.0. The Hall–Kier alpha value is -3.24. The number of ether oxygens (including phenoxy) is 1. The number of esters is 1. The predicted molar refractivity (Wildman–Crippen MR) is 121 cm³/mol. The third kappa shape index (κ3) is 5.47. The molecule has 0 spiro atoms. The number of rotatable bonds is 9. The fourth-order valence-corrected chi connectivity index (χ4v) is 3.92. The van der Waals surface area contributed by atoms with Crippen LogP contribution in [0, 0.1) is 12.3 Å². The number of hydrogen-bond donors (Lipinski definition) is 1. The SMILES string of the molecule is C#CC(CC)(CC)NC(=O)COC(=O)c1ccccc1CSc1nc2ccccc2o1. The van der Waals surface area contributed by atoms with E-state index in [-0.39, 0.29) is 0 Å². The summed E-state index contributed by atoms with van der Waals surface area (Å²) in [4.78, 5) is 29.3. The maximum atomic E-state index is 12.6. The van der Waals surface area contributed by atoms with Gasteiger partial charge in [0.05, 0.1) is 5.56 Å². The zero-order valence-corrected chi connectivity index (χ0v) is 18.3. The molecule has 3 rings (SSSR count). The summed E-state index contributed by atoms with van der Waals surface area (Å²) < 4.78 is 11.0. The fraction of sp³-hybridized carbons (Fsp3) is 0.292. The molecule has 0 aliphatic heterocycles. The third-order valence-corrected chi connectivity index (χ3v) is 5.94. The summed E-state index contributed by atoms with van der Waals surface area (Å²) in [6.45, 7) is 3.41. The van der Waals surface area contributed by atoms with Gasteiger partial charge >= 0.3 is 5.97 Å². The summed E-state index contributed by atoms with van der Waals surface area (Å²) in [5.41, 5.74) is 1.93. The van der Waals surface area contributed by atoms with E-state index in [2.05, 4.69) is 16.2 Å². The molecule has 31 heavy (non-hydrogen) atoms. The van der Waals surface area contributed by atoms with Gasteiger partial charge in [-0.2, -0.15) is 0 Å². The second-order valence-electron chi connectivity index (χ2n) is 6.95. The average molecular weight is 437 g/mol. The first kappa shape index (κ1) is 22.4. The normalized spacial score (nSPS) is 11.1. The number of benzene rings is 2. The van der Waals surface area contributed by atoms with E-state index in [1.165, 1.54) is 11.8 Å². The first-order valence-corrected chi connectivity index (χ1v) is 11.0. The molecule has 0 radical (unpaired) electrons. The van der Waals surface area contributed by atoms with Gasteiger partial charge < -0.3 is 14.5 Å². The van der Waals surface area contributed by atoms with E-state index in [1.54, 1.807) is 12.1 Å². The molecule has 0 bridgehead atoms. The number of oxazole rings is 1. The Morgan fingerprint density at radius 3 is 2.58 bits per heavy atom. The zero-order chi connectivity index (χ0) is 22.3. The molecular weight excluding hydrogens is 412 g/mol. The predicted octanol–water partition coefficient (Wildman–Crippen LogP) is 4.59. The molecule has 0 aliphatic rings. The maximum absolute atomic E-state index is 12.6. The lowest BCUT2D eigenvalue weighted by molar-refractivity contribution is -0.125. The van der Waals surface area contributed by atoms with E-state index in [0.29, 0.717) is 35.0 Å². The summed E-state index contributed by atoms with van der Waals surface area (Å²) in [5, 5.41) is 3.31. The molecule has 7 heteroatoms. The highest BCUT2D eigenvalue weighted by Crippen LogP contribution is 2.27. The standard InChI is InChI=1S/C24H24N2O4S/c1-4-24(5-2,6-3)26-21(27)15-29-22(28)18-12-8-7-11-17(18)16-31-23-25-19-13-9-10-14-20(19)30-23/h1,7-14H,5-6,15-16H2,2-3H3,(H,26,27). The molecular formula is C24H24N2O4S. The van der Waals surface area contributed by atoms with Crippen molar-refractivity contribution in [1.82, 2.24) is 10.3 Å². The van der Waals surface area contributed by atoms with E-state index in [1.807, 2.05) is 50.2 Å². The van der Waals surface area contributed by atoms with Gasteiger partial charge in [-0.05, 0) is 36.6 Å². The lowest BCUT2D eigenvalue weighted by Gasteiger charge is -2.26. The van der Waals surface area contributed by atoms with Crippen molar-refractivity contribution in [3.8, 4) is 12.3 Å². The monoisotopic (exact) mass is 436 g/mol. The lowest BCUT2D eigenvalue weighted by atomic mass is 9.94. The number of thioether (sulfide) groups is 1. The molecule has 0 atom stereocenters. The van der Waals surface area contributed by atoms with Crippen LogP contribution in [0.2, 0.25) is 0 Å². The van der Waals surface area contributed by atoms with E-state index >= 15 is 0 Å². The van der Waals surface area contributed by atoms with Crippen LogP contribution in [0.25, 0.3) is 11.1 Å². The summed E-state index contributed by atoms with van der Waals surface area (Å²) in [5.74, 6) is 2.11. The number of para-hydroxylation sites is 2. The van der Waals surface area contributed by atoms with E-state index in [9.17, 15) is 9.59 Å². The lowest BCUT2D eigenvalue weighted by Crippen LogP contribution is -2.48. The van der Waals surface area contributed by atoms with Crippen molar-refractivity contribution in [2.24, 2.45) is 0 Å². The van der Waals surface area contributed by atoms with Crippen LogP contribution in [-0.4, -0.2) is 29.0 Å². The Labute approximate surface area is 185 Å². The molecule has 0 fully saturated rings. The topological polar surface area (TPSA) is 81.4 Å². The number of nitrogens with one attached hydrogen (secondary N) is 1. The van der Waals surface area contributed by atoms with Crippen LogP contribution in [0.1, 0.15) is 42.6 Å². The fourth-order valence-electron chi connectivity index (χ4n) is 3.08. The van der Waals surface area contributed by atoms with Crippen LogP contribution in [0.3, 0.4) is 0 Å². The largest absolute Gasteiger partial charge is 0.452 e. The van der Waals surface area contributed by atoms with E-state index in [0.717, 1.165) is 11.1 Å². The highest BCUT2D eigenvalue weighted by atomic mass is 32.2. The molecule has 160 valence electrons. The molecule has 1 N–H and O–H groups in total. The van der Waals surface area contributed by atoms with Gasteiger partial charge in [0, 0.05) is 5.75 Å². The van der Waals surface area contributed by atoms with Crippen molar-refractivity contribution in [3.63, 3.8) is 0 Å². The molecule has 2 aromatic carbocycles. The minimum absolute atomic E-state index is 0.394. The molecule has 0 aliphatic carbocycles. The van der Waals surface area contributed by atoms with E-state index in [4.69, 9.17) is 15.6 Å². The van der Waals surface area contributed by atoms with Gasteiger partial charge in [0.2, 0.25) is 0 Å². The van der Waals surface area contributed by atoms with Crippen molar-refractivity contribution in [2.45, 2.75) is 43.2 Å². The second kappa shape index (κ2) is 10.2. The van der Waals surface area contributed by atoms with Crippen LogP contribution in [0.5, 0.6) is 0 Å². The number of carbonyl (C=O) groups is 2. The van der Waals surface area contributed by atoms with Crippen LogP contribution >= 0.6 is 11.8 Å². The highest BCUT2D eigenvalue weighted by Gasteiger charge is 2.26.